The fraction of sp³-hybridized carbons (Fsp3) is 0.222. The summed E-state index contributed by atoms with van der Waals surface area (Å²) < 4.78 is 5.22. The number of fused-ring (bicyclic) bond motifs is 1. The van der Waals surface area contributed by atoms with Crippen LogP contribution in [0.3, 0.4) is 0 Å². The lowest BCUT2D eigenvalue weighted by atomic mass is 10.0. The molecule has 0 aliphatic carbocycles. The number of anilines is 1. The van der Waals surface area contributed by atoms with Crippen molar-refractivity contribution in [2.24, 2.45) is 0 Å². The summed E-state index contributed by atoms with van der Waals surface area (Å²) in [5, 5.41) is 15.9. The van der Waals surface area contributed by atoms with Gasteiger partial charge in [0.15, 0.2) is 0 Å². The summed E-state index contributed by atoms with van der Waals surface area (Å²) in [4.78, 5) is 12.3. The molecule has 0 bridgehead atoms. The molecule has 3 rings (SSSR count). The lowest BCUT2D eigenvalue weighted by Crippen LogP contribution is -2.32. The quantitative estimate of drug-likeness (QED) is 0.636. The average Bonchev–Trinajstić information content (AvgIpc) is 3.07. The number of carbonyl (C=O) groups is 1. The third-order valence-corrected chi connectivity index (χ3v) is 4.55. The average molecular weight is 341 g/mol. The second kappa shape index (κ2) is 7.90. The fourth-order valence-electron chi connectivity index (χ4n) is 2.58. The Labute approximate surface area is 144 Å². The van der Waals surface area contributed by atoms with Crippen LogP contribution in [0, 0.1) is 0 Å². The second-order valence-corrected chi connectivity index (χ2v) is 6.34. The van der Waals surface area contributed by atoms with Gasteiger partial charge < -0.3 is 15.7 Å². The molecule has 0 saturated carbocycles. The molecule has 2 aromatic carbocycles. The normalized spacial score (nSPS) is 12.0. The Morgan fingerprint density at radius 3 is 2.83 bits per heavy atom. The highest BCUT2D eigenvalue weighted by atomic mass is 32.1. The third-order valence-electron chi connectivity index (χ3n) is 3.77. The number of amides is 2. The summed E-state index contributed by atoms with van der Waals surface area (Å²) in [6, 6.07) is 15.1. The predicted octanol–water partition coefficient (Wildman–Crippen LogP) is 3.93. The molecule has 3 aromatic rings. The maximum Gasteiger partial charge on any atom is 0.319 e. The summed E-state index contributed by atoms with van der Waals surface area (Å²) in [7, 11) is 0. The minimum Gasteiger partial charge on any atom is -0.396 e. The number of nitrogens with one attached hydrogen (secondary N) is 2. The lowest BCUT2D eigenvalue weighted by Gasteiger charge is -2.19. The first-order valence-corrected chi connectivity index (χ1v) is 8.61. The number of rotatable bonds is 6. The molecule has 0 aliphatic rings. The zero-order chi connectivity index (χ0) is 16.8. The van der Waals surface area contributed by atoms with Crippen LogP contribution in [0.15, 0.2) is 54.7 Å². The van der Waals surface area contributed by atoms with E-state index in [1.807, 2.05) is 48.5 Å². The Balaban J connectivity index is 1.68. The Morgan fingerprint density at radius 1 is 1.21 bits per heavy atom. The number of aliphatic hydroxyl groups is 1. The summed E-state index contributed by atoms with van der Waals surface area (Å²) >= 11 is 1.43. The first kappa shape index (κ1) is 16.4. The van der Waals surface area contributed by atoms with Gasteiger partial charge in [0.2, 0.25) is 0 Å². The first-order valence-electron chi connectivity index (χ1n) is 7.84. The van der Waals surface area contributed by atoms with Crippen molar-refractivity contribution in [3.63, 3.8) is 0 Å². The Morgan fingerprint density at radius 2 is 2.04 bits per heavy atom. The molecule has 0 radical (unpaired) electrons. The highest BCUT2D eigenvalue weighted by molar-refractivity contribution is 7.13. The van der Waals surface area contributed by atoms with E-state index in [0.717, 1.165) is 21.3 Å². The van der Waals surface area contributed by atoms with Crippen molar-refractivity contribution in [3.8, 4) is 0 Å². The number of aliphatic hydroxyl groups excluding tert-OH is 1. The monoisotopic (exact) mass is 341 g/mol. The molecule has 1 aromatic heterocycles. The van der Waals surface area contributed by atoms with Gasteiger partial charge in [-0.05, 0) is 48.1 Å². The molecule has 24 heavy (non-hydrogen) atoms. The van der Waals surface area contributed by atoms with Crippen LogP contribution < -0.4 is 10.6 Å². The van der Waals surface area contributed by atoms with Crippen LogP contribution in [0.25, 0.3) is 10.1 Å². The van der Waals surface area contributed by atoms with Crippen molar-refractivity contribution in [1.82, 2.24) is 9.69 Å². The molecule has 5 nitrogen and oxygen atoms in total. The van der Waals surface area contributed by atoms with Crippen LogP contribution in [-0.2, 0) is 0 Å². The summed E-state index contributed by atoms with van der Waals surface area (Å²) in [5.74, 6) is 0. The van der Waals surface area contributed by atoms with Crippen LogP contribution in [0.5, 0.6) is 0 Å². The van der Waals surface area contributed by atoms with Gasteiger partial charge in [-0.3, -0.25) is 0 Å². The van der Waals surface area contributed by atoms with Crippen molar-refractivity contribution < 1.29 is 9.90 Å². The van der Waals surface area contributed by atoms with E-state index in [-0.39, 0.29) is 18.7 Å². The molecule has 2 amide bonds. The van der Waals surface area contributed by atoms with Gasteiger partial charge in [0.25, 0.3) is 0 Å². The van der Waals surface area contributed by atoms with E-state index in [9.17, 15) is 4.79 Å². The molecule has 0 aliphatic heterocycles. The number of hydrogen-bond donors (Lipinski definition) is 3. The predicted molar refractivity (Wildman–Crippen MR) is 97.3 cm³/mol. The van der Waals surface area contributed by atoms with Gasteiger partial charge in [-0.25, -0.2) is 4.79 Å². The van der Waals surface area contributed by atoms with Crippen LogP contribution >= 0.6 is 11.5 Å². The minimum atomic E-state index is -0.260. The zero-order valence-electron chi connectivity index (χ0n) is 13.1. The Bertz CT molecular complexity index is 804. The van der Waals surface area contributed by atoms with Crippen LogP contribution in [-0.4, -0.2) is 22.1 Å². The van der Waals surface area contributed by atoms with Crippen LogP contribution in [0.1, 0.15) is 24.4 Å². The smallest absolute Gasteiger partial charge is 0.319 e. The van der Waals surface area contributed by atoms with E-state index in [2.05, 4.69) is 15.0 Å². The van der Waals surface area contributed by atoms with Gasteiger partial charge >= 0.3 is 6.03 Å². The van der Waals surface area contributed by atoms with Crippen molar-refractivity contribution in [3.05, 3.63) is 60.3 Å². The standard InChI is InChI=1S/C18H19N3O2S/c22-10-4-7-16(13-5-2-1-3-6-13)21-18(23)20-15-8-9-17-14(11-15)12-19-24-17/h1-3,5-6,8-9,11-12,16,22H,4,7,10H2,(H2,20,21,23). The van der Waals surface area contributed by atoms with E-state index in [1.165, 1.54) is 11.5 Å². The fourth-order valence-corrected chi connectivity index (χ4v) is 3.20. The summed E-state index contributed by atoms with van der Waals surface area (Å²) in [5.41, 5.74) is 1.76. The zero-order valence-corrected chi connectivity index (χ0v) is 13.9. The largest absolute Gasteiger partial charge is 0.396 e. The number of nitrogens with zero attached hydrogens (tertiary/aromatic N) is 1. The Hall–Kier alpha value is -2.44. The molecule has 0 fully saturated rings. The van der Waals surface area contributed by atoms with Gasteiger partial charge in [0.1, 0.15) is 0 Å². The molecule has 0 spiro atoms. The molecule has 3 N–H and O–H groups in total. The third kappa shape index (κ3) is 4.10. The Kier molecular flexibility index (Phi) is 5.40. The maximum absolute atomic E-state index is 12.3. The van der Waals surface area contributed by atoms with Gasteiger partial charge in [0.05, 0.1) is 10.7 Å². The summed E-state index contributed by atoms with van der Waals surface area (Å²) in [6.07, 6.45) is 3.10. The molecule has 1 unspecified atom stereocenters. The van der Waals surface area contributed by atoms with Crippen molar-refractivity contribution in [2.45, 2.75) is 18.9 Å². The van der Waals surface area contributed by atoms with E-state index in [1.54, 1.807) is 6.20 Å². The van der Waals surface area contributed by atoms with E-state index < -0.39 is 0 Å². The van der Waals surface area contributed by atoms with Crippen molar-refractivity contribution in [1.29, 1.82) is 0 Å². The molecule has 0 saturated heterocycles. The number of carbonyl (C=O) groups excluding carboxylic acids is 1. The first-order chi connectivity index (χ1) is 11.8. The van der Waals surface area contributed by atoms with Gasteiger partial charge in [-0.2, -0.15) is 4.37 Å². The molecular formula is C18H19N3O2S. The highest BCUT2D eigenvalue weighted by Gasteiger charge is 2.14. The second-order valence-electron chi connectivity index (χ2n) is 5.51. The number of urea groups is 1. The van der Waals surface area contributed by atoms with E-state index >= 15 is 0 Å². The molecule has 1 atom stereocenters. The van der Waals surface area contributed by atoms with Gasteiger partial charge in [-0.15, -0.1) is 0 Å². The molecular weight excluding hydrogens is 322 g/mol. The van der Waals surface area contributed by atoms with Gasteiger partial charge in [0, 0.05) is 23.9 Å². The SMILES string of the molecule is O=C(Nc1ccc2sncc2c1)NC(CCCO)c1ccccc1. The minimum absolute atomic E-state index is 0.106. The topological polar surface area (TPSA) is 74.2 Å². The summed E-state index contributed by atoms with van der Waals surface area (Å²) in [6.45, 7) is 0.106. The molecule has 6 heteroatoms. The number of benzene rings is 2. The van der Waals surface area contributed by atoms with E-state index in [4.69, 9.17) is 5.11 Å². The van der Waals surface area contributed by atoms with E-state index in [0.29, 0.717) is 12.8 Å². The molecule has 1 heterocycles. The van der Waals surface area contributed by atoms with Crippen LogP contribution in [0.4, 0.5) is 10.5 Å². The van der Waals surface area contributed by atoms with Gasteiger partial charge in [-0.1, -0.05) is 30.3 Å². The number of aromatic nitrogens is 1. The molecule has 124 valence electrons. The number of hydrogen-bond acceptors (Lipinski definition) is 4. The highest BCUT2D eigenvalue weighted by Crippen LogP contribution is 2.22. The maximum atomic E-state index is 12.3. The lowest BCUT2D eigenvalue weighted by molar-refractivity contribution is 0.244. The van der Waals surface area contributed by atoms with Crippen molar-refractivity contribution >= 4 is 33.3 Å². The van der Waals surface area contributed by atoms with Crippen LogP contribution in [0.2, 0.25) is 0 Å². The van der Waals surface area contributed by atoms with Crippen molar-refractivity contribution in [2.75, 3.05) is 11.9 Å².